The monoisotopic (exact) mass is 294 g/mol. The maximum absolute atomic E-state index is 13.2. The van der Waals surface area contributed by atoms with E-state index in [-0.39, 0.29) is 5.78 Å². The summed E-state index contributed by atoms with van der Waals surface area (Å²) in [6, 6.07) is 17.9. The average Bonchev–Trinajstić information content (AvgIpc) is 2.55. The SMILES string of the molecule is CCCC1(C(=O)c2ccccc2)SC=Cc2ccccc21. The van der Waals surface area contributed by atoms with Crippen LogP contribution in [0.2, 0.25) is 0 Å². The summed E-state index contributed by atoms with van der Waals surface area (Å²) in [6.07, 6.45) is 3.94. The molecule has 0 spiro atoms. The quantitative estimate of drug-likeness (QED) is 0.713. The number of fused-ring (bicyclic) bond motifs is 1. The van der Waals surface area contributed by atoms with Crippen molar-refractivity contribution in [3.8, 4) is 0 Å². The van der Waals surface area contributed by atoms with E-state index in [1.165, 1.54) is 0 Å². The third-order valence-electron chi connectivity index (χ3n) is 3.92. The van der Waals surface area contributed by atoms with E-state index < -0.39 is 4.75 Å². The fraction of sp³-hybridized carbons (Fsp3) is 0.211. The van der Waals surface area contributed by atoms with Gasteiger partial charge < -0.3 is 0 Å². The van der Waals surface area contributed by atoms with E-state index in [4.69, 9.17) is 0 Å². The minimum atomic E-state index is -0.485. The molecule has 0 saturated carbocycles. The second-order valence-electron chi connectivity index (χ2n) is 5.28. The van der Waals surface area contributed by atoms with Crippen LogP contribution in [0.5, 0.6) is 0 Å². The zero-order chi connectivity index (χ0) is 14.7. The Balaban J connectivity index is 2.14. The summed E-state index contributed by atoms with van der Waals surface area (Å²) in [7, 11) is 0. The Hall–Kier alpha value is -1.80. The van der Waals surface area contributed by atoms with E-state index in [1.807, 2.05) is 42.5 Å². The molecule has 1 aliphatic heterocycles. The highest BCUT2D eigenvalue weighted by Gasteiger charge is 2.42. The molecule has 2 heteroatoms. The van der Waals surface area contributed by atoms with E-state index in [0.29, 0.717) is 0 Å². The summed E-state index contributed by atoms with van der Waals surface area (Å²) in [5.74, 6) is 0.215. The van der Waals surface area contributed by atoms with Gasteiger partial charge in [-0.2, -0.15) is 0 Å². The minimum Gasteiger partial charge on any atom is -0.292 e. The van der Waals surface area contributed by atoms with Crippen LogP contribution in [0, 0.1) is 0 Å². The first kappa shape index (κ1) is 14.2. The molecule has 1 unspecified atom stereocenters. The Morgan fingerprint density at radius 1 is 1.05 bits per heavy atom. The maximum atomic E-state index is 13.2. The van der Waals surface area contributed by atoms with Crippen LogP contribution in [-0.2, 0) is 4.75 Å². The maximum Gasteiger partial charge on any atom is 0.183 e. The largest absolute Gasteiger partial charge is 0.292 e. The number of carbonyl (C=O) groups is 1. The van der Waals surface area contributed by atoms with Crippen LogP contribution in [0.25, 0.3) is 6.08 Å². The van der Waals surface area contributed by atoms with Crippen molar-refractivity contribution in [2.75, 3.05) is 0 Å². The van der Waals surface area contributed by atoms with Crippen LogP contribution >= 0.6 is 11.8 Å². The van der Waals surface area contributed by atoms with E-state index in [2.05, 4.69) is 30.5 Å². The van der Waals surface area contributed by atoms with Crippen LogP contribution in [0.1, 0.15) is 41.3 Å². The summed E-state index contributed by atoms with van der Waals surface area (Å²) in [4.78, 5) is 13.2. The summed E-state index contributed by atoms with van der Waals surface area (Å²) in [5.41, 5.74) is 3.10. The van der Waals surface area contributed by atoms with Crippen molar-refractivity contribution in [1.29, 1.82) is 0 Å². The molecule has 1 heterocycles. The van der Waals surface area contributed by atoms with E-state index in [1.54, 1.807) is 11.8 Å². The molecule has 1 atom stereocenters. The van der Waals surface area contributed by atoms with Gasteiger partial charge >= 0.3 is 0 Å². The Bertz CT molecular complexity index is 675. The first-order chi connectivity index (χ1) is 10.3. The number of carbonyl (C=O) groups excluding carboxylic acids is 1. The second kappa shape index (κ2) is 5.90. The lowest BCUT2D eigenvalue weighted by Gasteiger charge is -2.34. The Morgan fingerprint density at radius 2 is 1.76 bits per heavy atom. The van der Waals surface area contributed by atoms with Gasteiger partial charge in [-0.15, -0.1) is 11.8 Å². The molecule has 0 saturated heterocycles. The lowest BCUT2D eigenvalue weighted by Crippen LogP contribution is -2.34. The van der Waals surface area contributed by atoms with Gasteiger partial charge in [0.2, 0.25) is 0 Å². The van der Waals surface area contributed by atoms with Gasteiger partial charge in [0, 0.05) is 5.56 Å². The van der Waals surface area contributed by atoms with Crippen LogP contribution < -0.4 is 0 Å². The molecule has 0 amide bonds. The first-order valence-electron chi connectivity index (χ1n) is 7.31. The van der Waals surface area contributed by atoms with Crippen molar-refractivity contribution in [1.82, 2.24) is 0 Å². The molecule has 1 aliphatic rings. The Kier molecular flexibility index (Phi) is 3.98. The molecular weight excluding hydrogens is 276 g/mol. The Morgan fingerprint density at radius 3 is 2.52 bits per heavy atom. The van der Waals surface area contributed by atoms with Gasteiger partial charge in [0.1, 0.15) is 4.75 Å². The van der Waals surface area contributed by atoms with Crippen molar-refractivity contribution >= 4 is 23.6 Å². The number of benzene rings is 2. The molecule has 0 fully saturated rings. The van der Waals surface area contributed by atoms with Gasteiger partial charge in [-0.05, 0) is 29.0 Å². The zero-order valence-corrected chi connectivity index (χ0v) is 12.9. The highest BCUT2D eigenvalue weighted by atomic mass is 32.2. The highest BCUT2D eigenvalue weighted by molar-refractivity contribution is 8.04. The fourth-order valence-corrected chi connectivity index (χ4v) is 4.26. The molecule has 0 N–H and O–H groups in total. The topological polar surface area (TPSA) is 17.1 Å². The molecule has 3 rings (SSSR count). The van der Waals surface area contributed by atoms with Gasteiger partial charge in [-0.3, -0.25) is 4.79 Å². The van der Waals surface area contributed by atoms with E-state index in [9.17, 15) is 4.79 Å². The molecule has 2 aromatic carbocycles. The van der Waals surface area contributed by atoms with Gasteiger partial charge in [0.25, 0.3) is 0 Å². The standard InChI is InChI=1S/C19H18OS/c1-2-13-19(18(20)16-9-4-3-5-10-16)17-11-7-6-8-15(17)12-14-21-19/h3-12,14H,2,13H2,1H3. The second-order valence-corrected chi connectivity index (χ2v) is 6.48. The van der Waals surface area contributed by atoms with Crippen molar-refractivity contribution in [2.24, 2.45) is 0 Å². The molecule has 1 nitrogen and oxygen atoms in total. The fourth-order valence-electron chi connectivity index (χ4n) is 2.95. The number of rotatable bonds is 4. The normalized spacial score (nSPS) is 20.0. The van der Waals surface area contributed by atoms with Gasteiger partial charge in [0.05, 0.1) is 0 Å². The van der Waals surface area contributed by atoms with Gasteiger partial charge in [0.15, 0.2) is 5.78 Å². The van der Waals surface area contributed by atoms with Crippen LogP contribution in [0.15, 0.2) is 60.0 Å². The average molecular weight is 294 g/mol. The highest BCUT2D eigenvalue weighted by Crippen LogP contribution is 2.48. The molecule has 106 valence electrons. The smallest absolute Gasteiger partial charge is 0.183 e. The van der Waals surface area contributed by atoms with Gasteiger partial charge in [-0.1, -0.05) is 67.9 Å². The summed E-state index contributed by atoms with van der Waals surface area (Å²) < 4.78 is -0.485. The molecule has 0 aromatic heterocycles. The third-order valence-corrected chi connectivity index (χ3v) is 5.20. The van der Waals surface area contributed by atoms with Crippen LogP contribution in [-0.4, -0.2) is 5.78 Å². The molecule has 21 heavy (non-hydrogen) atoms. The molecule has 0 aliphatic carbocycles. The lowest BCUT2D eigenvalue weighted by molar-refractivity contribution is 0.0936. The number of Topliss-reactive ketones (excluding diaryl/α,β-unsaturated/α-hetero) is 1. The van der Waals surface area contributed by atoms with Crippen molar-refractivity contribution in [3.63, 3.8) is 0 Å². The first-order valence-corrected chi connectivity index (χ1v) is 8.19. The molecular formula is C19H18OS. The number of hydrogen-bond acceptors (Lipinski definition) is 2. The zero-order valence-electron chi connectivity index (χ0n) is 12.1. The predicted octanol–water partition coefficient (Wildman–Crippen LogP) is 5.28. The molecule has 2 aromatic rings. The van der Waals surface area contributed by atoms with E-state index >= 15 is 0 Å². The molecule has 0 radical (unpaired) electrons. The Labute approximate surface area is 130 Å². The minimum absolute atomic E-state index is 0.215. The number of ketones is 1. The predicted molar refractivity (Wildman–Crippen MR) is 90.4 cm³/mol. The number of thioether (sulfide) groups is 1. The van der Waals surface area contributed by atoms with Crippen molar-refractivity contribution < 1.29 is 4.79 Å². The third kappa shape index (κ3) is 2.44. The summed E-state index contributed by atoms with van der Waals surface area (Å²) in [6.45, 7) is 2.14. The lowest BCUT2D eigenvalue weighted by atomic mass is 9.83. The van der Waals surface area contributed by atoms with Gasteiger partial charge in [-0.25, -0.2) is 0 Å². The molecule has 0 bridgehead atoms. The van der Waals surface area contributed by atoms with Crippen molar-refractivity contribution in [3.05, 3.63) is 76.7 Å². The summed E-state index contributed by atoms with van der Waals surface area (Å²) >= 11 is 1.65. The van der Waals surface area contributed by atoms with Crippen molar-refractivity contribution in [2.45, 2.75) is 24.5 Å². The van der Waals surface area contributed by atoms with Crippen LogP contribution in [0.3, 0.4) is 0 Å². The van der Waals surface area contributed by atoms with E-state index in [0.717, 1.165) is 29.5 Å². The van der Waals surface area contributed by atoms with Crippen LogP contribution in [0.4, 0.5) is 0 Å². The summed E-state index contributed by atoms with van der Waals surface area (Å²) in [5, 5.41) is 2.07. The number of hydrogen-bond donors (Lipinski definition) is 0.